The summed E-state index contributed by atoms with van der Waals surface area (Å²) in [6.45, 7) is 9.76. The highest BCUT2D eigenvalue weighted by molar-refractivity contribution is 6.07. The average molecular weight is 308 g/mol. The lowest BCUT2D eigenvalue weighted by Gasteiger charge is -2.33. The number of nitrogens with one attached hydrogen (secondary N) is 2. The highest BCUT2D eigenvalue weighted by atomic mass is 16.2. The Labute approximate surface area is 132 Å². The van der Waals surface area contributed by atoms with Gasteiger partial charge in [0.15, 0.2) is 5.96 Å². The van der Waals surface area contributed by atoms with Gasteiger partial charge in [-0.3, -0.25) is 19.9 Å². The number of hydrogen-bond acceptors (Lipinski definition) is 3. The maximum absolute atomic E-state index is 12.7. The van der Waals surface area contributed by atoms with Crippen molar-refractivity contribution in [2.45, 2.75) is 52.5 Å². The van der Waals surface area contributed by atoms with E-state index in [2.05, 4.69) is 19.2 Å². The second-order valence-corrected chi connectivity index (χ2v) is 7.27. The molecule has 2 N–H and O–H groups in total. The molecule has 2 aliphatic rings. The van der Waals surface area contributed by atoms with Gasteiger partial charge in [-0.25, -0.2) is 0 Å². The van der Waals surface area contributed by atoms with E-state index in [0.29, 0.717) is 18.4 Å². The zero-order chi connectivity index (χ0) is 16.5. The van der Waals surface area contributed by atoms with Gasteiger partial charge < -0.3 is 10.2 Å². The Balaban J connectivity index is 1.95. The summed E-state index contributed by atoms with van der Waals surface area (Å²) in [5, 5.41) is 11.2. The Kier molecular flexibility index (Phi) is 4.78. The minimum absolute atomic E-state index is 0.0141. The number of carbonyl (C=O) groups is 2. The van der Waals surface area contributed by atoms with Crippen LogP contribution in [0.4, 0.5) is 0 Å². The summed E-state index contributed by atoms with van der Waals surface area (Å²) >= 11 is 0. The van der Waals surface area contributed by atoms with Crippen LogP contribution < -0.4 is 5.32 Å². The van der Waals surface area contributed by atoms with Crippen LogP contribution >= 0.6 is 0 Å². The first kappa shape index (κ1) is 16.8. The Hall–Kier alpha value is -1.59. The van der Waals surface area contributed by atoms with Gasteiger partial charge in [0.2, 0.25) is 5.91 Å². The number of likely N-dealkylation sites (tertiary alicyclic amines) is 1. The van der Waals surface area contributed by atoms with Crippen LogP contribution in [0.3, 0.4) is 0 Å². The van der Waals surface area contributed by atoms with E-state index in [9.17, 15) is 9.59 Å². The van der Waals surface area contributed by atoms with Crippen molar-refractivity contribution in [1.82, 2.24) is 15.1 Å². The fourth-order valence-electron chi connectivity index (χ4n) is 3.60. The zero-order valence-electron chi connectivity index (χ0n) is 14.1. The summed E-state index contributed by atoms with van der Waals surface area (Å²) in [5.74, 6) is 1.12. The summed E-state index contributed by atoms with van der Waals surface area (Å²) in [6.07, 6.45) is 2.53. The summed E-state index contributed by atoms with van der Waals surface area (Å²) < 4.78 is 0. The minimum atomic E-state index is -0.647. The van der Waals surface area contributed by atoms with E-state index in [1.807, 2.05) is 11.8 Å². The largest absolute Gasteiger partial charge is 0.343 e. The van der Waals surface area contributed by atoms with Crippen molar-refractivity contribution in [3.63, 3.8) is 0 Å². The molecule has 0 spiro atoms. The second-order valence-electron chi connectivity index (χ2n) is 7.27. The molecule has 22 heavy (non-hydrogen) atoms. The van der Waals surface area contributed by atoms with E-state index in [-0.39, 0.29) is 17.8 Å². The Morgan fingerprint density at radius 1 is 1.41 bits per heavy atom. The molecule has 0 aromatic carbocycles. The number of rotatable bonds is 4. The minimum Gasteiger partial charge on any atom is -0.343 e. The third-order valence-electron chi connectivity index (χ3n) is 4.70. The van der Waals surface area contributed by atoms with Gasteiger partial charge in [0.1, 0.15) is 5.54 Å². The first-order chi connectivity index (χ1) is 10.2. The van der Waals surface area contributed by atoms with Crippen molar-refractivity contribution >= 4 is 17.8 Å². The van der Waals surface area contributed by atoms with Crippen LogP contribution in [0.15, 0.2) is 0 Å². The molecule has 2 amide bonds. The van der Waals surface area contributed by atoms with E-state index >= 15 is 0 Å². The number of carbonyl (C=O) groups excluding carboxylic acids is 2. The Morgan fingerprint density at radius 3 is 2.50 bits per heavy atom. The molecule has 0 saturated carbocycles. The van der Waals surface area contributed by atoms with Crippen molar-refractivity contribution in [1.29, 1.82) is 5.41 Å². The van der Waals surface area contributed by atoms with Gasteiger partial charge in [0.25, 0.3) is 5.91 Å². The lowest BCUT2D eigenvalue weighted by atomic mass is 9.90. The zero-order valence-corrected chi connectivity index (χ0v) is 14.1. The lowest BCUT2D eigenvalue weighted by Crippen LogP contribution is -2.46. The van der Waals surface area contributed by atoms with E-state index in [1.165, 1.54) is 0 Å². The molecule has 124 valence electrons. The standard InChI is InChI=1S/C16H28N4O2/c1-11(2)9-16(4)14(22)20(15(17)18-16)10-13-5-7-19(8-6-13)12(3)21/h11,13H,5-10H2,1-4H3,(H2,17,18). The summed E-state index contributed by atoms with van der Waals surface area (Å²) in [4.78, 5) is 27.5. The predicted octanol–water partition coefficient (Wildman–Crippen LogP) is 1.42. The van der Waals surface area contributed by atoms with Gasteiger partial charge in [-0.05, 0) is 38.0 Å². The monoisotopic (exact) mass is 308 g/mol. The molecule has 0 radical (unpaired) electrons. The van der Waals surface area contributed by atoms with E-state index in [0.717, 1.165) is 32.4 Å². The number of guanidine groups is 1. The number of nitrogens with zero attached hydrogens (tertiary/aromatic N) is 2. The molecular formula is C16H28N4O2. The molecule has 6 nitrogen and oxygen atoms in total. The molecule has 2 aliphatic heterocycles. The molecule has 0 aromatic heterocycles. The van der Waals surface area contributed by atoms with Gasteiger partial charge in [-0.1, -0.05) is 13.8 Å². The Bertz CT molecular complexity index is 469. The van der Waals surface area contributed by atoms with Gasteiger partial charge in [0.05, 0.1) is 0 Å². The van der Waals surface area contributed by atoms with Crippen LogP contribution in [0.1, 0.15) is 47.0 Å². The quantitative estimate of drug-likeness (QED) is 0.824. The van der Waals surface area contributed by atoms with Crippen molar-refractivity contribution in [3.8, 4) is 0 Å². The van der Waals surface area contributed by atoms with Crippen LogP contribution in [0.2, 0.25) is 0 Å². The Morgan fingerprint density at radius 2 is 2.00 bits per heavy atom. The van der Waals surface area contributed by atoms with Crippen molar-refractivity contribution < 1.29 is 9.59 Å². The van der Waals surface area contributed by atoms with Crippen LogP contribution in [-0.4, -0.2) is 52.7 Å². The summed E-state index contributed by atoms with van der Waals surface area (Å²) in [7, 11) is 0. The van der Waals surface area contributed by atoms with Gasteiger partial charge in [0, 0.05) is 26.6 Å². The number of amides is 2. The molecule has 0 aliphatic carbocycles. The van der Waals surface area contributed by atoms with Crippen LogP contribution in [0.5, 0.6) is 0 Å². The number of piperidine rings is 1. The highest BCUT2D eigenvalue weighted by Crippen LogP contribution is 2.27. The maximum atomic E-state index is 12.7. The van der Waals surface area contributed by atoms with Crippen LogP contribution in [0.25, 0.3) is 0 Å². The van der Waals surface area contributed by atoms with E-state index in [4.69, 9.17) is 5.41 Å². The molecule has 2 rings (SSSR count). The lowest BCUT2D eigenvalue weighted by molar-refractivity contribution is -0.133. The smallest absolute Gasteiger partial charge is 0.254 e. The predicted molar refractivity (Wildman–Crippen MR) is 85.4 cm³/mol. The molecule has 2 saturated heterocycles. The van der Waals surface area contributed by atoms with Crippen LogP contribution in [-0.2, 0) is 9.59 Å². The molecule has 2 fully saturated rings. The maximum Gasteiger partial charge on any atom is 0.254 e. The SMILES string of the molecule is CC(=O)N1CCC(CN2C(=N)NC(C)(CC(C)C)C2=O)CC1. The first-order valence-electron chi connectivity index (χ1n) is 8.17. The summed E-state index contributed by atoms with van der Waals surface area (Å²) in [6, 6.07) is 0. The van der Waals surface area contributed by atoms with Gasteiger partial charge in [-0.2, -0.15) is 0 Å². The molecule has 2 heterocycles. The first-order valence-corrected chi connectivity index (χ1v) is 8.17. The third-order valence-corrected chi connectivity index (χ3v) is 4.70. The molecule has 1 atom stereocenters. The van der Waals surface area contributed by atoms with Gasteiger partial charge >= 0.3 is 0 Å². The van der Waals surface area contributed by atoms with Crippen LogP contribution in [0, 0.1) is 17.2 Å². The molecular weight excluding hydrogens is 280 g/mol. The molecule has 0 bridgehead atoms. The van der Waals surface area contributed by atoms with Gasteiger partial charge in [-0.15, -0.1) is 0 Å². The topological polar surface area (TPSA) is 76.5 Å². The second kappa shape index (κ2) is 6.26. The molecule has 0 aromatic rings. The van der Waals surface area contributed by atoms with E-state index in [1.54, 1.807) is 11.8 Å². The normalized spacial score (nSPS) is 26.8. The number of hydrogen-bond donors (Lipinski definition) is 2. The fourth-order valence-corrected chi connectivity index (χ4v) is 3.60. The van der Waals surface area contributed by atoms with Crippen molar-refractivity contribution in [3.05, 3.63) is 0 Å². The highest BCUT2D eigenvalue weighted by Gasteiger charge is 2.46. The fraction of sp³-hybridized carbons (Fsp3) is 0.812. The van der Waals surface area contributed by atoms with Crippen molar-refractivity contribution in [2.75, 3.05) is 19.6 Å². The average Bonchev–Trinajstić information content (AvgIpc) is 2.62. The summed E-state index contributed by atoms with van der Waals surface area (Å²) in [5.41, 5.74) is -0.647. The molecule has 1 unspecified atom stereocenters. The third kappa shape index (κ3) is 3.42. The van der Waals surface area contributed by atoms with E-state index < -0.39 is 5.54 Å². The molecule has 6 heteroatoms. The van der Waals surface area contributed by atoms with Crippen molar-refractivity contribution in [2.24, 2.45) is 11.8 Å².